The number of rotatable bonds is 2. The normalized spacial score (nSPS) is 26.6. The van der Waals surface area contributed by atoms with Gasteiger partial charge in [-0.15, -0.1) is 0 Å². The van der Waals surface area contributed by atoms with Crippen molar-refractivity contribution < 1.29 is 13.2 Å². The smallest absolute Gasteiger partial charge is 0.396 e. The molecule has 4 nitrogen and oxygen atoms in total. The third-order valence-electron chi connectivity index (χ3n) is 4.41. The van der Waals surface area contributed by atoms with Crippen molar-refractivity contribution in [2.45, 2.75) is 43.9 Å². The Hall–Kier alpha value is -1.50. The summed E-state index contributed by atoms with van der Waals surface area (Å²) in [6.45, 7) is 2.15. The van der Waals surface area contributed by atoms with E-state index < -0.39 is 11.9 Å². The predicted molar refractivity (Wildman–Crippen MR) is 74.9 cm³/mol. The van der Waals surface area contributed by atoms with Gasteiger partial charge in [-0.3, -0.25) is 0 Å². The van der Waals surface area contributed by atoms with Crippen LogP contribution in [-0.2, 0) is 6.18 Å². The fourth-order valence-electron chi connectivity index (χ4n) is 3.32. The molecule has 0 saturated carbocycles. The molecule has 0 aromatic carbocycles. The Kier molecular flexibility index (Phi) is 3.69. The van der Waals surface area contributed by atoms with E-state index in [1.807, 2.05) is 0 Å². The molecule has 2 aliphatic rings. The number of hydrogen-bond donors (Lipinski definition) is 2. The second kappa shape index (κ2) is 5.36. The lowest BCUT2D eigenvalue weighted by molar-refractivity contribution is -0.141. The zero-order valence-electron chi connectivity index (χ0n) is 11.7. The molecule has 7 heteroatoms. The van der Waals surface area contributed by atoms with Gasteiger partial charge in [0.2, 0.25) is 0 Å². The van der Waals surface area contributed by atoms with Crippen molar-refractivity contribution in [3.63, 3.8) is 0 Å². The minimum absolute atomic E-state index is 0.176. The second-order valence-electron chi connectivity index (χ2n) is 5.85. The molecule has 1 aromatic rings. The average Bonchev–Trinajstić information content (AvgIpc) is 2.87. The van der Waals surface area contributed by atoms with Crippen LogP contribution in [0.3, 0.4) is 0 Å². The highest BCUT2D eigenvalue weighted by Gasteiger charge is 2.34. The molecular formula is C14H19F3N4. The van der Waals surface area contributed by atoms with E-state index in [4.69, 9.17) is 5.73 Å². The summed E-state index contributed by atoms with van der Waals surface area (Å²) in [4.78, 5) is 5.83. The van der Waals surface area contributed by atoms with Gasteiger partial charge >= 0.3 is 6.18 Å². The van der Waals surface area contributed by atoms with Crippen molar-refractivity contribution in [2.24, 2.45) is 0 Å². The standard InChI is InChI=1S/C14H19F3N4/c15-14(16,17)13-7-12(11(18)8-19-13)20-9-3-5-21-4-1-2-10(21)6-9/h7-10H,1-6,18H2,(H,19,20). The Labute approximate surface area is 121 Å². The lowest BCUT2D eigenvalue weighted by Crippen LogP contribution is -2.42. The van der Waals surface area contributed by atoms with Crippen molar-refractivity contribution in [3.8, 4) is 0 Å². The molecule has 2 unspecified atom stereocenters. The third kappa shape index (κ3) is 3.07. The maximum absolute atomic E-state index is 12.7. The fourth-order valence-corrected chi connectivity index (χ4v) is 3.32. The van der Waals surface area contributed by atoms with Crippen LogP contribution in [0.4, 0.5) is 24.5 Å². The number of halogens is 3. The molecule has 21 heavy (non-hydrogen) atoms. The quantitative estimate of drug-likeness (QED) is 0.882. The lowest BCUT2D eigenvalue weighted by atomic mass is 9.97. The predicted octanol–water partition coefficient (Wildman–Crippen LogP) is 2.72. The topological polar surface area (TPSA) is 54.2 Å². The number of nitrogens with one attached hydrogen (secondary N) is 1. The zero-order chi connectivity index (χ0) is 15.0. The molecule has 2 saturated heterocycles. The van der Waals surface area contributed by atoms with Crippen molar-refractivity contribution in [1.82, 2.24) is 9.88 Å². The average molecular weight is 300 g/mol. The van der Waals surface area contributed by atoms with Gasteiger partial charge < -0.3 is 16.0 Å². The van der Waals surface area contributed by atoms with E-state index in [1.54, 1.807) is 0 Å². The van der Waals surface area contributed by atoms with Crippen LogP contribution in [0.5, 0.6) is 0 Å². The highest BCUT2D eigenvalue weighted by molar-refractivity contribution is 5.65. The first-order chi connectivity index (χ1) is 9.93. The van der Waals surface area contributed by atoms with Gasteiger partial charge in [-0.05, 0) is 38.3 Å². The number of alkyl halides is 3. The molecule has 3 rings (SSSR count). The Morgan fingerprint density at radius 1 is 1.29 bits per heavy atom. The molecule has 0 bridgehead atoms. The largest absolute Gasteiger partial charge is 0.433 e. The van der Waals surface area contributed by atoms with Gasteiger partial charge in [0.15, 0.2) is 0 Å². The van der Waals surface area contributed by atoms with E-state index in [0.717, 1.165) is 38.2 Å². The van der Waals surface area contributed by atoms with Crippen LogP contribution in [0.2, 0.25) is 0 Å². The summed E-state index contributed by atoms with van der Waals surface area (Å²) in [5.41, 5.74) is 5.45. The first-order valence-electron chi connectivity index (χ1n) is 7.27. The summed E-state index contributed by atoms with van der Waals surface area (Å²) in [5.74, 6) is 0. The molecule has 2 atom stereocenters. The molecule has 2 fully saturated rings. The molecule has 0 spiro atoms. The Morgan fingerprint density at radius 2 is 2.10 bits per heavy atom. The highest BCUT2D eigenvalue weighted by atomic mass is 19.4. The second-order valence-corrected chi connectivity index (χ2v) is 5.85. The number of piperidine rings is 1. The maximum Gasteiger partial charge on any atom is 0.433 e. The molecule has 1 aromatic heterocycles. The number of aromatic nitrogens is 1. The molecule has 2 aliphatic heterocycles. The maximum atomic E-state index is 12.7. The number of pyridine rings is 1. The van der Waals surface area contributed by atoms with Crippen molar-refractivity contribution in [1.29, 1.82) is 0 Å². The zero-order valence-corrected chi connectivity index (χ0v) is 11.7. The van der Waals surface area contributed by atoms with Gasteiger partial charge in [-0.2, -0.15) is 13.2 Å². The number of nitrogens with zero attached hydrogens (tertiary/aromatic N) is 2. The Morgan fingerprint density at radius 3 is 2.86 bits per heavy atom. The molecule has 0 aliphatic carbocycles. The van der Waals surface area contributed by atoms with Crippen molar-refractivity contribution in [3.05, 3.63) is 18.0 Å². The van der Waals surface area contributed by atoms with Crippen molar-refractivity contribution in [2.75, 3.05) is 24.1 Å². The number of nitrogens with two attached hydrogens (primary N) is 1. The third-order valence-corrected chi connectivity index (χ3v) is 4.41. The van der Waals surface area contributed by atoms with Crippen LogP contribution < -0.4 is 11.1 Å². The van der Waals surface area contributed by atoms with Gasteiger partial charge in [0.25, 0.3) is 0 Å². The van der Waals surface area contributed by atoms with Crippen LogP contribution in [0, 0.1) is 0 Å². The van der Waals surface area contributed by atoms with Gasteiger partial charge in [0, 0.05) is 18.6 Å². The van der Waals surface area contributed by atoms with Gasteiger partial charge in [-0.25, -0.2) is 4.98 Å². The van der Waals surface area contributed by atoms with Crippen molar-refractivity contribution >= 4 is 11.4 Å². The van der Waals surface area contributed by atoms with Gasteiger partial charge in [0.05, 0.1) is 17.6 Å². The number of nitrogen functional groups attached to an aromatic ring is 1. The van der Waals surface area contributed by atoms with E-state index in [-0.39, 0.29) is 11.7 Å². The summed E-state index contributed by atoms with van der Waals surface area (Å²) in [6.07, 6.45) is 0.919. The number of fused-ring (bicyclic) bond motifs is 1. The van der Waals surface area contributed by atoms with Gasteiger partial charge in [-0.1, -0.05) is 0 Å². The summed E-state index contributed by atoms with van der Waals surface area (Å²) in [6, 6.07) is 1.74. The first-order valence-corrected chi connectivity index (χ1v) is 7.27. The number of hydrogen-bond acceptors (Lipinski definition) is 4. The Bertz CT molecular complexity index is 517. The SMILES string of the molecule is Nc1cnc(C(F)(F)F)cc1NC1CCN2CCCC2C1. The molecule has 116 valence electrons. The van der Waals surface area contributed by atoms with Gasteiger partial charge in [0.1, 0.15) is 5.69 Å². The van der Waals surface area contributed by atoms with Crippen LogP contribution in [0.25, 0.3) is 0 Å². The first kappa shape index (κ1) is 14.4. The molecule has 3 heterocycles. The van der Waals surface area contributed by atoms with Crippen LogP contribution in [0.1, 0.15) is 31.4 Å². The molecule has 0 amide bonds. The van der Waals surface area contributed by atoms with E-state index in [9.17, 15) is 13.2 Å². The lowest BCUT2D eigenvalue weighted by Gasteiger charge is -2.35. The van der Waals surface area contributed by atoms with Crippen LogP contribution in [0.15, 0.2) is 12.3 Å². The van der Waals surface area contributed by atoms with Crippen LogP contribution in [-0.4, -0.2) is 35.1 Å². The number of anilines is 2. The molecular weight excluding hydrogens is 281 g/mol. The summed E-state index contributed by atoms with van der Waals surface area (Å²) < 4.78 is 38.1. The fraction of sp³-hybridized carbons (Fsp3) is 0.643. The summed E-state index contributed by atoms with van der Waals surface area (Å²) >= 11 is 0. The van der Waals surface area contributed by atoms with E-state index >= 15 is 0 Å². The van der Waals surface area contributed by atoms with E-state index in [2.05, 4.69) is 15.2 Å². The van der Waals surface area contributed by atoms with E-state index in [1.165, 1.54) is 12.8 Å². The summed E-state index contributed by atoms with van der Waals surface area (Å²) in [5, 5.41) is 3.18. The minimum atomic E-state index is -4.45. The molecule has 3 N–H and O–H groups in total. The monoisotopic (exact) mass is 300 g/mol. The van der Waals surface area contributed by atoms with E-state index in [0.29, 0.717) is 11.7 Å². The van der Waals surface area contributed by atoms with Crippen LogP contribution >= 0.6 is 0 Å². The minimum Gasteiger partial charge on any atom is -0.396 e. The Balaban J connectivity index is 1.72. The summed E-state index contributed by atoms with van der Waals surface area (Å²) in [7, 11) is 0. The highest BCUT2D eigenvalue weighted by Crippen LogP contribution is 2.33. The molecule has 0 radical (unpaired) electrons.